The van der Waals surface area contributed by atoms with Crippen molar-refractivity contribution in [3.8, 4) is 11.5 Å². The molecule has 1 heterocycles. The standard InChI is InChI=1S/C27H29N3O2/c1-5-19-10-14-23-22(16-19)26(21-13-15-24(31-6-2)25(17-21)32-7-3)29-30-27(28-23)20-11-8-18(4)9-12-20/h8-17H,5-7H2,1-4H3,(H,28,30). The van der Waals surface area contributed by atoms with E-state index in [9.17, 15) is 0 Å². The van der Waals surface area contributed by atoms with Crippen LogP contribution in [0.3, 0.4) is 0 Å². The number of hydrogen-bond donors (Lipinski definition) is 1. The maximum atomic E-state index is 5.86. The van der Waals surface area contributed by atoms with Crippen LogP contribution < -0.4 is 14.9 Å². The van der Waals surface area contributed by atoms with Crippen molar-refractivity contribution >= 4 is 17.2 Å². The Labute approximate surface area is 189 Å². The lowest BCUT2D eigenvalue weighted by Crippen LogP contribution is -2.19. The fourth-order valence-electron chi connectivity index (χ4n) is 3.66. The number of hydrazone groups is 1. The lowest BCUT2D eigenvalue weighted by Gasteiger charge is -2.14. The SMILES string of the molecule is CCOc1ccc(C2=NNC(c3ccc(C)cc3)=Nc3ccc(CC)cc32)cc1OCC. The van der Waals surface area contributed by atoms with Crippen LogP contribution in [0.25, 0.3) is 0 Å². The zero-order valence-corrected chi connectivity index (χ0v) is 19.1. The number of hydrogen-bond acceptors (Lipinski definition) is 5. The minimum atomic E-state index is 0.561. The van der Waals surface area contributed by atoms with Gasteiger partial charge in [0.1, 0.15) is 5.71 Å². The normalized spacial score (nSPS) is 12.8. The molecule has 4 rings (SSSR count). The predicted molar refractivity (Wildman–Crippen MR) is 131 cm³/mol. The van der Waals surface area contributed by atoms with Crippen LogP contribution in [-0.2, 0) is 6.42 Å². The molecule has 0 aliphatic carbocycles. The van der Waals surface area contributed by atoms with Crippen LogP contribution in [0.15, 0.2) is 70.8 Å². The highest BCUT2D eigenvalue weighted by molar-refractivity contribution is 6.18. The third-order valence-corrected chi connectivity index (χ3v) is 5.37. The Balaban J connectivity index is 1.83. The Hall–Kier alpha value is -3.60. The summed E-state index contributed by atoms with van der Waals surface area (Å²) in [6, 6.07) is 20.6. The molecule has 32 heavy (non-hydrogen) atoms. The second kappa shape index (κ2) is 9.69. The van der Waals surface area contributed by atoms with Gasteiger partial charge < -0.3 is 9.47 Å². The lowest BCUT2D eigenvalue weighted by molar-refractivity contribution is 0.287. The second-order valence-electron chi connectivity index (χ2n) is 7.63. The van der Waals surface area contributed by atoms with Crippen molar-refractivity contribution in [3.63, 3.8) is 0 Å². The van der Waals surface area contributed by atoms with Gasteiger partial charge in [0.15, 0.2) is 17.3 Å². The summed E-state index contributed by atoms with van der Waals surface area (Å²) in [6.45, 7) is 9.31. The monoisotopic (exact) mass is 427 g/mol. The first-order valence-electron chi connectivity index (χ1n) is 11.2. The molecule has 5 heteroatoms. The van der Waals surface area contributed by atoms with E-state index in [4.69, 9.17) is 19.6 Å². The molecular formula is C27H29N3O2. The molecule has 1 N–H and O–H groups in total. The molecule has 0 spiro atoms. The summed E-state index contributed by atoms with van der Waals surface area (Å²) in [4.78, 5) is 4.93. The Kier molecular flexibility index (Phi) is 6.55. The molecule has 164 valence electrons. The predicted octanol–water partition coefficient (Wildman–Crippen LogP) is 5.79. The van der Waals surface area contributed by atoms with Gasteiger partial charge in [0.25, 0.3) is 0 Å². The summed E-state index contributed by atoms with van der Waals surface area (Å²) in [5.74, 6) is 2.17. The summed E-state index contributed by atoms with van der Waals surface area (Å²) in [7, 11) is 0. The van der Waals surface area contributed by atoms with Crippen LogP contribution in [0.1, 0.15) is 48.6 Å². The first-order valence-corrected chi connectivity index (χ1v) is 11.2. The maximum Gasteiger partial charge on any atom is 0.161 e. The summed E-state index contributed by atoms with van der Waals surface area (Å²) >= 11 is 0. The Morgan fingerprint density at radius 1 is 0.781 bits per heavy atom. The number of amidine groups is 1. The Morgan fingerprint density at radius 2 is 1.50 bits per heavy atom. The third kappa shape index (κ3) is 4.52. The van der Waals surface area contributed by atoms with Crippen LogP contribution in [0, 0.1) is 6.92 Å². The van der Waals surface area contributed by atoms with Crippen molar-refractivity contribution in [1.29, 1.82) is 0 Å². The van der Waals surface area contributed by atoms with Crippen molar-refractivity contribution < 1.29 is 9.47 Å². The summed E-state index contributed by atoms with van der Waals surface area (Å²) < 4.78 is 11.6. The molecule has 3 aromatic carbocycles. The van der Waals surface area contributed by atoms with Crippen molar-refractivity contribution in [1.82, 2.24) is 5.43 Å². The number of nitrogens with zero attached hydrogens (tertiary/aromatic N) is 2. The quantitative estimate of drug-likeness (QED) is 0.519. The molecule has 5 nitrogen and oxygen atoms in total. The molecule has 0 aromatic heterocycles. The van der Waals surface area contributed by atoms with E-state index in [0.717, 1.165) is 46.1 Å². The molecule has 0 unspecified atom stereocenters. The van der Waals surface area contributed by atoms with Gasteiger partial charge in [-0.3, -0.25) is 5.43 Å². The maximum absolute atomic E-state index is 5.86. The van der Waals surface area contributed by atoms with Crippen molar-refractivity contribution in [2.24, 2.45) is 10.1 Å². The molecule has 1 aliphatic rings. The number of nitrogens with one attached hydrogen (secondary N) is 1. The number of fused-ring (bicyclic) bond motifs is 1. The average Bonchev–Trinajstić information content (AvgIpc) is 3.00. The number of rotatable bonds is 7. The molecule has 1 aliphatic heterocycles. The molecule has 0 radical (unpaired) electrons. The van der Waals surface area contributed by atoms with E-state index < -0.39 is 0 Å². The van der Waals surface area contributed by atoms with E-state index in [-0.39, 0.29) is 0 Å². The average molecular weight is 428 g/mol. The molecule has 0 saturated carbocycles. The van der Waals surface area contributed by atoms with Gasteiger partial charge in [-0.2, -0.15) is 5.10 Å². The fraction of sp³-hybridized carbons (Fsp3) is 0.259. The third-order valence-electron chi connectivity index (χ3n) is 5.37. The Bertz CT molecular complexity index is 1160. The Morgan fingerprint density at radius 3 is 2.22 bits per heavy atom. The first kappa shape index (κ1) is 21.6. The first-order chi connectivity index (χ1) is 15.6. The van der Waals surface area contributed by atoms with Crippen LogP contribution >= 0.6 is 0 Å². The molecule has 3 aromatic rings. The molecule has 0 saturated heterocycles. The summed E-state index contributed by atoms with van der Waals surface area (Å²) in [6.07, 6.45) is 0.940. The highest BCUT2D eigenvalue weighted by atomic mass is 16.5. The van der Waals surface area contributed by atoms with E-state index in [1.807, 2.05) is 32.0 Å². The van der Waals surface area contributed by atoms with E-state index >= 15 is 0 Å². The molecule has 0 fully saturated rings. The van der Waals surface area contributed by atoms with Crippen molar-refractivity contribution in [3.05, 3.63) is 88.5 Å². The van der Waals surface area contributed by atoms with Crippen molar-refractivity contribution in [2.45, 2.75) is 34.1 Å². The van der Waals surface area contributed by atoms with Gasteiger partial charge in [-0.1, -0.05) is 42.8 Å². The minimum Gasteiger partial charge on any atom is -0.490 e. The van der Waals surface area contributed by atoms with Gasteiger partial charge in [-0.05, 0) is 63.1 Å². The molecule has 0 amide bonds. The minimum absolute atomic E-state index is 0.561. The van der Waals surface area contributed by atoms with Crippen LogP contribution in [0.2, 0.25) is 0 Å². The van der Waals surface area contributed by atoms with E-state index in [0.29, 0.717) is 19.0 Å². The van der Waals surface area contributed by atoms with Gasteiger partial charge in [-0.25, -0.2) is 4.99 Å². The largest absolute Gasteiger partial charge is 0.490 e. The smallest absolute Gasteiger partial charge is 0.161 e. The molecule has 0 bridgehead atoms. The van der Waals surface area contributed by atoms with Crippen LogP contribution in [0.4, 0.5) is 5.69 Å². The summed E-state index contributed by atoms with van der Waals surface area (Å²) in [5.41, 5.74) is 10.3. The molecular weight excluding hydrogens is 398 g/mol. The van der Waals surface area contributed by atoms with Gasteiger partial charge in [0.05, 0.1) is 18.9 Å². The topological polar surface area (TPSA) is 55.2 Å². The zero-order chi connectivity index (χ0) is 22.5. The number of ether oxygens (including phenoxy) is 2. The number of benzene rings is 3. The van der Waals surface area contributed by atoms with Gasteiger partial charge in [0, 0.05) is 16.7 Å². The zero-order valence-electron chi connectivity index (χ0n) is 19.1. The van der Waals surface area contributed by atoms with E-state index in [1.165, 1.54) is 11.1 Å². The van der Waals surface area contributed by atoms with Gasteiger partial charge in [-0.15, -0.1) is 0 Å². The lowest BCUT2D eigenvalue weighted by atomic mass is 9.97. The van der Waals surface area contributed by atoms with Gasteiger partial charge in [0.2, 0.25) is 0 Å². The van der Waals surface area contributed by atoms with Crippen LogP contribution in [-0.4, -0.2) is 24.8 Å². The highest BCUT2D eigenvalue weighted by Gasteiger charge is 2.19. The van der Waals surface area contributed by atoms with Crippen LogP contribution in [0.5, 0.6) is 11.5 Å². The second-order valence-corrected chi connectivity index (χ2v) is 7.63. The summed E-state index contributed by atoms with van der Waals surface area (Å²) in [5, 5.41) is 4.81. The van der Waals surface area contributed by atoms with E-state index in [2.05, 4.69) is 61.7 Å². The van der Waals surface area contributed by atoms with Gasteiger partial charge >= 0.3 is 0 Å². The fourth-order valence-corrected chi connectivity index (χ4v) is 3.66. The van der Waals surface area contributed by atoms with E-state index in [1.54, 1.807) is 0 Å². The molecule has 0 atom stereocenters. The highest BCUT2D eigenvalue weighted by Crippen LogP contribution is 2.32. The van der Waals surface area contributed by atoms with Crippen molar-refractivity contribution in [2.75, 3.05) is 13.2 Å². The number of aliphatic imine (C=N–C) groups is 1. The number of aryl methyl sites for hydroxylation is 2.